The van der Waals surface area contributed by atoms with Gasteiger partial charge in [0, 0.05) is 4.83 Å². The lowest BCUT2D eigenvalue weighted by atomic mass is 9.98. The molecular weight excluding hydrogens is 329 g/mol. The quantitative estimate of drug-likeness (QED) is 0.517. The minimum atomic E-state index is -1.43. The fourth-order valence-corrected chi connectivity index (χ4v) is 2.70. The Morgan fingerprint density at radius 3 is 2.20 bits per heavy atom. The van der Waals surface area contributed by atoms with Gasteiger partial charge >= 0.3 is 0 Å². The van der Waals surface area contributed by atoms with Crippen molar-refractivity contribution in [3.05, 3.63) is 70.0 Å². The van der Waals surface area contributed by atoms with E-state index in [9.17, 15) is 13.2 Å². The highest BCUT2D eigenvalue weighted by Crippen LogP contribution is 2.30. The molecule has 0 saturated carbocycles. The lowest BCUT2D eigenvalue weighted by Gasteiger charge is -2.13. The standard InChI is InChI=1S/C16H14BrF3/c1-9-3-4-10(2)11(5-9)6-13(17)12-7-14(18)16(20)15(19)8-12/h3-5,7-8,13H,6H2,1-2H3. The van der Waals surface area contributed by atoms with Crippen molar-refractivity contribution in [2.75, 3.05) is 0 Å². The average Bonchev–Trinajstić information content (AvgIpc) is 2.39. The van der Waals surface area contributed by atoms with Crippen molar-refractivity contribution in [1.29, 1.82) is 0 Å². The smallest absolute Gasteiger partial charge is 0.194 e. The molecule has 0 aliphatic carbocycles. The number of alkyl halides is 1. The van der Waals surface area contributed by atoms with Crippen molar-refractivity contribution in [2.45, 2.75) is 25.1 Å². The van der Waals surface area contributed by atoms with E-state index in [4.69, 9.17) is 0 Å². The van der Waals surface area contributed by atoms with E-state index in [0.717, 1.165) is 28.8 Å². The van der Waals surface area contributed by atoms with Crippen LogP contribution in [0.1, 0.15) is 27.1 Å². The molecule has 2 aromatic carbocycles. The van der Waals surface area contributed by atoms with Gasteiger partial charge in [0.05, 0.1) is 0 Å². The van der Waals surface area contributed by atoms with Crippen molar-refractivity contribution >= 4 is 15.9 Å². The van der Waals surface area contributed by atoms with Gasteiger partial charge in [-0.3, -0.25) is 0 Å². The number of rotatable bonds is 3. The van der Waals surface area contributed by atoms with Crippen LogP contribution < -0.4 is 0 Å². The number of benzene rings is 2. The molecule has 20 heavy (non-hydrogen) atoms. The van der Waals surface area contributed by atoms with Gasteiger partial charge in [0.15, 0.2) is 17.5 Å². The molecule has 0 aromatic heterocycles. The summed E-state index contributed by atoms with van der Waals surface area (Å²) in [6.45, 7) is 3.98. The van der Waals surface area contributed by atoms with E-state index >= 15 is 0 Å². The molecule has 0 bridgehead atoms. The Morgan fingerprint density at radius 1 is 1.00 bits per heavy atom. The second-order valence-electron chi connectivity index (χ2n) is 4.90. The molecular formula is C16H14BrF3. The molecule has 2 rings (SSSR count). The predicted molar refractivity (Wildman–Crippen MR) is 77.6 cm³/mol. The van der Waals surface area contributed by atoms with Crippen LogP contribution in [0.5, 0.6) is 0 Å². The minimum Gasteiger partial charge on any atom is -0.204 e. The maximum atomic E-state index is 13.2. The van der Waals surface area contributed by atoms with Gasteiger partial charge in [0.1, 0.15) is 0 Å². The van der Waals surface area contributed by atoms with Gasteiger partial charge in [0.2, 0.25) is 0 Å². The van der Waals surface area contributed by atoms with E-state index in [2.05, 4.69) is 15.9 Å². The molecule has 0 aliphatic heterocycles. The van der Waals surface area contributed by atoms with E-state index in [0.29, 0.717) is 12.0 Å². The molecule has 1 unspecified atom stereocenters. The zero-order valence-corrected chi connectivity index (χ0v) is 12.8. The first kappa shape index (κ1) is 15.1. The van der Waals surface area contributed by atoms with Gasteiger partial charge in [-0.1, -0.05) is 39.7 Å². The topological polar surface area (TPSA) is 0 Å². The molecule has 0 radical (unpaired) electrons. The van der Waals surface area contributed by atoms with Crippen molar-refractivity contribution in [3.8, 4) is 0 Å². The fourth-order valence-electron chi connectivity index (χ4n) is 2.09. The van der Waals surface area contributed by atoms with E-state index in [1.807, 2.05) is 32.0 Å². The number of hydrogen-bond acceptors (Lipinski definition) is 0. The van der Waals surface area contributed by atoms with E-state index in [1.165, 1.54) is 0 Å². The summed E-state index contributed by atoms with van der Waals surface area (Å²) in [5.74, 6) is -3.75. The molecule has 106 valence electrons. The third kappa shape index (κ3) is 3.23. The number of halogens is 4. The van der Waals surface area contributed by atoms with Gasteiger partial charge in [-0.15, -0.1) is 0 Å². The molecule has 0 fully saturated rings. The van der Waals surface area contributed by atoms with Gasteiger partial charge in [-0.25, -0.2) is 13.2 Å². The van der Waals surface area contributed by atoms with Crippen LogP contribution in [0.3, 0.4) is 0 Å². The SMILES string of the molecule is Cc1ccc(C)c(CC(Br)c2cc(F)c(F)c(F)c2)c1. The highest BCUT2D eigenvalue weighted by atomic mass is 79.9. The average molecular weight is 343 g/mol. The van der Waals surface area contributed by atoms with Crippen molar-refractivity contribution in [1.82, 2.24) is 0 Å². The van der Waals surface area contributed by atoms with Crippen LogP contribution in [0.2, 0.25) is 0 Å². The first-order valence-electron chi connectivity index (χ1n) is 6.23. The summed E-state index contributed by atoms with van der Waals surface area (Å²) in [6, 6.07) is 8.13. The van der Waals surface area contributed by atoms with Crippen LogP contribution in [0, 0.1) is 31.3 Å². The fraction of sp³-hybridized carbons (Fsp3) is 0.250. The Morgan fingerprint density at radius 2 is 1.60 bits per heavy atom. The summed E-state index contributed by atoms with van der Waals surface area (Å²) in [5, 5.41) is 0. The Balaban J connectivity index is 2.28. The highest BCUT2D eigenvalue weighted by Gasteiger charge is 2.16. The first-order valence-corrected chi connectivity index (χ1v) is 7.14. The lowest BCUT2D eigenvalue weighted by Crippen LogP contribution is -2.01. The highest BCUT2D eigenvalue weighted by molar-refractivity contribution is 9.09. The summed E-state index contributed by atoms with van der Waals surface area (Å²) >= 11 is 3.42. The van der Waals surface area contributed by atoms with Gasteiger partial charge in [0.25, 0.3) is 0 Å². The van der Waals surface area contributed by atoms with E-state index < -0.39 is 17.5 Å². The second-order valence-corrected chi connectivity index (χ2v) is 6.01. The van der Waals surface area contributed by atoms with Crippen molar-refractivity contribution in [2.24, 2.45) is 0 Å². The normalized spacial score (nSPS) is 12.5. The van der Waals surface area contributed by atoms with Crippen LogP contribution in [0.15, 0.2) is 30.3 Å². The molecule has 2 aromatic rings. The molecule has 0 heterocycles. The summed E-state index contributed by atoms with van der Waals surface area (Å²) in [5.41, 5.74) is 3.73. The molecule has 0 aliphatic rings. The van der Waals surface area contributed by atoms with Crippen LogP contribution in [0.25, 0.3) is 0 Å². The summed E-state index contributed by atoms with van der Waals surface area (Å²) in [7, 11) is 0. The van der Waals surface area contributed by atoms with Crippen LogP contribution in [0.4, 0.5) is 13.2 Å². The van der Waals surface area contributed by atoms with Gasteiger partial charge in [-0.05, 0) is 49.1 Å². The zero-order valence-electron chi connectivity index (χ0n) is 11.2. The molecule has 1 atom stereocenters. The third-order valence-corrected chi connectivity index (χ3v) is 4.12. The molecule has 0 N–H and O–H groups in total. The molecule has 0 spiro atoms. The first-order chi connectivity index (χ1) is 9.38. The zero-order chi connectivity index (χ0) is 14.9. The predicted octanol–water partition coefficient (Wildman–Crippen LogP) is 5.40. The Bertz CT molecular complexity index is 615. The Labute approximate surface area is 124 Å². The second kappa shape index (κ2) is 6.00. The molecule has 0 amide bonds. The van der Waals surface area contributed by atoms with Gasteiger partial charge < -0.3 is 0 Å². The van der Waals surface area contributed by atoms with Gasteiger partial charge in [-0.2, -0.15) is 0 Å². The number of aryl methyl sites for hydroxylation is 2. The monoisotopic (exact) mass is 342 g/mol. The molecule has 4 heteroatoms. The minimum absolute atomic E-state index is 0.271. The van der Waals surface area contributed by atoms with E-state index in [1.54, 1.807) is 0 Å². The summed E-state index contributed by atoms with van der Waals surface area (Å²) in [4.78, 5) is -0.271. The summed E-state index contributed by atoms with van der Waals surface area (Å²) < 4.78 is 39.4. The Hall–Kier alpha value is -1.29. The molecule has 0 saturated heterocycles. The maximum Gasteiger partial charge on any atom is 0.194 e. The lowest BCUT2D eigenvalue weighted by molar-refractivity contribution is 0.445. The third-order valence-electron chi connectivity index (χ3n) is 3.27. The van der Waals surface area contributed by atoms with E-state index in [-0.39, 0.29) is 4.83 Å². The van der Waals surface area contributed by atoms with Crippen molar-refractivity contribution in [3.63, 3.8) is 0 Å². The summed E-state index contributed by atoms with van der Waals surface area (Å²) in [6.07, 6.45) is 0.581. The van der Waals surface area contributed by atoms with Crippen LogP contribution in [-0.4, -0.2) is 0 Å². The van der Waals surface area contributed by atoms with Crippen LogP contribution in [-0.2, 0) is 6.42 Å². The molecule has 0 nitrogen and oxygen atoms in total. The maximum absolute atomic E-state index is 13.2. The Kier molecular flexibility index (Phi) is 4.53. The van der Waals surface area contributed by atoms with Crippen LogP contribution >= 0.6 is 15.9 Å². The largest absolute Gasteiger partial charge is 0.204 e. The number of hydrogen-bond donors (Lipinski definition) is 0. The van der Waals surface area contributed by atoms with Crippen molar-refractivity contribution < 1.29 is 13.2 Å².